The predicted molar refractivity (Wildman–Crippen MR) is 71.7 cm³/mol. The maximum atomic E-state index is 2.66. The standard InChI is InChI=1S/C13H27NS/c1-4-9-14(12(2)3)11-13-8-6-5-7-10-15-13/h12-13H,4-11H2,1-3H3. The second kappa shape index (κ2) is 7.56. The summed E-state index contributed by atoms with van der Waals surface area (Å²) < 4.78 is 0. The topological polar surface area (TPSA) is 3.24 Å². The van der Waals surface area contributed by atoms with E-state index in [4.69, 9.17) is 0 Å². The van der Waals surface area contributed by atoms with Crippen molar-refractivity contribution in [2.45, 2.75) is 64.2 Å². The third-order valence-electron chi connectivity index (χ3n) is 3.20. The van der Waals surface area contributed by atoms with E-state index in [1.165, 1.54) is 50.9 Å². The van der Waals surface area contributed by atoms with Crippen LogP contribution in [0.5, 0.6) is 0 Å². The molecule has 90 valence electrons. The van der Waals surface area contributed by atoms with E-state index in [9.17, 15) is 0 Å². The number of thioether (sulfide) groups is 1. The van der Waals surface area contributed by atoms with Crippen molar-refractivity contribution < 1.29 is 0 Å². The summed E-state index contributed by atoms with van der Waals surface area (Å²) in [5.41, 5.74) is 0. The van der Waals surface area contributed by atoms with Crippen LogP contribution in [0.3, 0.4) is 0 Å². The highest BCUT2D eigenvalue weighted by atomic mass is 32.2. The molecule has 0 radical (unpaired) electrons. The van der Waals surface area contributed by atoms with Crippen molar-refractivity contribution in [2.24, 2.45) is 0 Å². The summed E-state index contributed by atoms with van der Waals surface area (Å²) in [5.74, 6) is 1.39. The van der Waals surface area contributed by atoms with E-state index in [-0.39, 0.29) is 0 Å². The van der Waals surface area contributed by atoms with E-state index in [1.807, 2.05) is 0 Å². The lowest BCUT2D eigenvalue weighted by atomic mass is 10.1. The third kappa shape index (κ3) is 5.26. The van der Waals surface area contributed by atoms with Crippen LogP contribution < -0.4 is 0 Å². The van der Waals surface area contributed by atoms with Gasteiger partial charge in [-0.1, -0.05) is 19.8 Å². The van der Waals surface area contributed by atoms with Crippen LogP contribution in [0.4, 0.5) is 0 Å². The average molecular weight is 229 g/mol. The molecule has 0 aromatic rings. The zero-order chi connectivity index (χ0) is 11.1. The highest BCUT2D eigenvalue weighted by Crippen LogP contribution is 2.25. The van der Waals surface area contributed by atoms with E-state index < -0.39 is 0 Å². The SMILES string of the molecule is CCCN(CC1CCCCCS1)C(C)C. The molecule has 0 amide bonds. The summed E-state index contributed by atoms with van der Waals surface area (Å²) >= 11 is 2.21. The first kappa shape index (κ1) is 13.4. The van der Waals surface area contributed by atoms with Crippen LogP contribution in [0.25, 0.3) is 0 Å². The molecular formula is C13H27NS. The van der Waals surface area contributed by atoms with Gasteiger partial charge in [0.2, 0.25) is 0 Å². The molecule has 0 aliphatic carbocycles. The minimum absolute atomic E-state index is 0.716. The van der Waals surface area contributed by atoms with Crippen molar-refractivity contribution >= 4 is 11.8 Å². The van der Waals surface area contributed by atoms with Crippen LogP contribution in [0.15, 0.2) is 0 Å². The minimum Gasteiger partial charge on any atom is -0.300 e. The Morgan fingerprint density at radius 3 is 2.73 bits per heavy atom. The highest BCUT2D eigenvalue weighted by molar-refractivity contribution is 7.99. The molecule has 1 aliphatic rings. The summed E-state index contributed by atoms with van der Waals surface area (Å²) in [6.07, 6.45) is 7.08. The molecule has 15 heavy (non-hydrogen) atoms. The largest absolute Gasteiger partial charge is 0.300 e. The van der Waals surface area contributed by atoms with E-state index in [2.05, 4.69) is 37.4 Å². The fraction of sp³-hybridized carbons (Fsp3) is 1.00. The van der Waals surface area contributed by atoms with Gasteiger partial charge in [-0.25, -0.2) is 0 Å². The molecule has 2 heteroatoms. The van der Waals surface area contributed by atoms with E-state index >= 15 is 0 Å². The fourth-order valence-electron chi connectivity index (χ4n) is 2.24. The summed E-state index contributed by atoms with van der Waals surface area (Å²) in [6.45, 7) is 9.54. The van der Waals surface area contributed by atoms with Crippen molar-refractivity contribution in [1.82, 2.24) is 4.90 Å². The zero-order valence-electron chi connectivity index (χ0n) is 10.7. The molecule has 0 aromatic carbocycles. The number of hydrogen-bond donors (Lipinski definition) is 0. The Balaban J connectivity index is 2.34. The lowest BCUT2D eigenvalue weighted by Gasteiger charge is -2.29. The molecule has 0 bridgehead atoms. The fourth-order valence-corrected chi connectivity index (χ4v) is 3.57. The van der Waals surface area contributed by atoms with Crippen molar-refractivity contribution in [3.05, 3.63) is 0 Å². The Morgan fingerprint density at radius 1 is 1.27 bits per heavy atom. The van der Waals surface area contributed by atoms with Gasteiger partial charge in [0, 0.05) is 17.8 Å². The third-order valence-corrected chi connectivity index (χ3v) is 4.58. The molecule has 1 rings (SSSR count). The Hall–Kier alpha value is 0.310. The van der Waals surface area contributed by atoms with Crippen LogP contribution >= 0.6 is 11.8 Å². The first-order valence-electron chi connectivity index (χ1n) is 6.59. The Morgan fingerprint density at radius 2 is 2.07 bits per heavy atom. The van der Waals surface area contributed by atoms with Crippen molar-refractivity contribution in [2.75, 3.05) is 18.8 Å². The number of rotatable bonds is 5. The summed E-state index contributed by atoms with van der Waals surface area (Å²) in [6, 6.07) is 0.716. The number of hydrogen-bond acceptors (Lipinski definition) is 2. The van der Waals surface area contributed by atoms with Crippen molar-refractivity contribution in [3.63, 3.8) is 0 Å². The van der Waals surface area contributed by atoms with Gasteiger partial charge in [0.05, 0.1) is 0 Å². The highest BCUT2D eigenvalue weighted by Gasteiger charge is 2.17. The molecule has 0 aromatic heterocycles. The normalized spacial score (nSPS) is 23.4. The molecule has 1 saturated heterocycles. The van der Waals surface area contributed by atoms with Crippen LogP contribution in [0, 0.1) is 0 Å². The first-order valence-corrected chi connectivity index (χ1v) is 7.64. The second-order valence-corrected chi connectivity index (χ2v) is 6.34. The quantitative estimate of drug-likeness (QED) is 0.706. The van der Waals surface area contributed by atoms with Crippen LogP contribution in [0.2, 0.25) is 0 Å². The summed E-state index contributed by atoms with van der Waals surface area (Å²) in [7, 11) is 0. The van der Waals surface area contributed by atoms with Gasteiger partial charge in [-0.2, -0.15) is 11.8 Å². The van der Waals surface area contributed by atoms with Gasteiger partial charge < -0.3 is 0 Å². The maximum Gasteiger partial charge on any atom is 0.0175 e. The molecular weight excluding hydrogens is 202 g/mol. The van der Waals surface area contributed by atoms with Gasteiger partial charge in [-0.05, 0) is 45.4 Å². The Labute approximate surface area is 100.0 Å². The van der Waals surface area contributed by atoms with Crippen molar-refractivity contribution in [1.29, 1.82) is 0 Å². The van der Waals surface area contributed by atoms with E-state index in [0.717, 1.165) is 5.25 Å². The molecule has 1 aliphatic heterocycles. The molecule has 0 N–H and O–H groups in total. The van der Waals surface area contributed by atoms with Crippen molar-refractivity contribution in [3.8, 4) is 0 Å². The lowest BCUT2D eigenvalue weighted by Crippen LogP contribution is -2.37. The van der Waals surface area contributed by atoms with Gasteiger partial charge in [0.1, 0.15) is 0 Å². The van der Waals surface area contributed by atoms with Crippen LogP contribution in [-0.4, -0.2) is 35.0 Å². The molecule has 1 unspecified atom stereocenters. The Bertz CT molecular complexity index is 151. The van der Waals surface area contributed by atoms with Crippen LogP contribution in [0.1, 0.15) is 52.9 Å². The van der Waals surface area contributed by atoms with Gasteiger partial charge >= 0.3 is 0 Å². The van der Waals surface area contributed by atoms with Gasteiger partial charge in [0.15, 0.2) is 0 Å². The Kier molecular flexibility index (Phi) is 6.74. The number of nitrogens with zero attached hydrogens (tertiary/aromatic N) is 1. The average Bonchev–Trinajstić information content (AvgIpc) is 2.45. The lowest BCUT2D eigenvalue weighted by molar-refractivity contribution is 0.220. The molecule has 0 saturated carbocycles. The summed E-state index contributed by atoms with van der Waals surface area (Å²) in [5, 5.41) is 0.904. The second-order valence-electron chi connectivity index (χ2n) is 4.93. The predicted octanol–water partition coefficient (Wildman–Crippen LogP) is 3.78. The molecule has 1 atom stereocenters. The maximum absolute atomic E-state index is 2.66. The molecule has 1 heterocycles. The van der Waals surface area contributed by atoms with Gasteiger partial charge in [-0.3, -0.25) is 4.90 Å². The summed E-state index contributed by atoms with van der Waals surface area (Å²) in [4.78, 5) is 2.66. The minimum atomic E-state index is 0.716. The molecule has 1 nitrogen and oxygen atoms in total. The van der Waals surface area contributed by atoms with Crippen LogP contribution in [-0.2, 0) is 0 Å². The molecule has 0 spiro atoms. The van der Waals surface area contributed by atoms with Gasteiger partial charge in [-0.15, -0.1) is 0 Å². The first-order chi connectivity index (χ1) is 7.24. The van der Waals surface area contributed by atoms with Gasteiger partial charge in [0.25, 0.3) is 0 Å². The smallest absolute Gasteiger partial charge is 0.0175 e. The monoisotopic (exact) mass is 229 g/mol. The van der Waals surface area contributed by atoms with E-state index in [0.29, 0.717) is 6.04 Å². The zero-order valence-corrected chi connectivity index (χ0v) is 11.5. The van der Waals surface area contributed by atoms with E-state index in [1.54, 1.807) is 0 Å². The molecule has 1 fully saturated rings.